The number of rotatable bonds is 3. The molecule has 130 valence electrons. The van der Waals surface area contributed by atoms with Crippen LogP contribution in [0.4, 0.5) is 4.79 Å². The average molecular weight is 321 g/mol. The van der Waals surface area contributed by atoms with Crippen LogP contribution in [0.1, 0.15) is 46.5 Å². The van der Waals surface area contributed by atoms with Crippen molar-refractivity contribution < 1.29 is 9.53 Å². The molecule has 2 saturated heterocycles. The Morgan fingerprint density at radius 1 is 1.13 bits per heavy atom. The fourth-order valence-corrected chi connectivity index (χ4v) is 3.28. The average Bonchev–Trinajstić information content (AvgIpc) is 2.48. The van der Waals surface area contributed by atoms with Gasteiger partial charge in [-0.25, -0.2) is 4.79 Å². The summed E-state index contributed by atoms with van der Waals surface area (Å²) in [6.45, 7) is 10.2. The monoisotopic (exact) mass is 321 g/mol. The SMILES string of the molecule is C#CCN1CCC(NC2CCN(C(=O)OC(C)(C)C)CC2)CC1. The van der Waals surface area contributed by atoms with Gasteiger partial charge in [-0.2, -0.15) is 0 Å². The fourth-order valence-electron chi connectivity index (χ4n) is 3.28. The van der Waals surface area contributed by atoms with Gasteiger partial charge in [-0.3, -0.25) is 4.90 Å². The van der Waals surface area contributed by atoms with E-state index >= 15 is 0 Å². The summed E-state index contributed by atoms with van der Waals surface area (Å²) in [7, 11) is 0. The largest absolute Gasteiger partial charge is 0.444 e. The summed E-state index contributed by atoms with van der Waals surface area (Å²) in [4.78, 5) is 16.2. The number of nitrogens with zero attached hydrogens (tertiary/aromatic N) is 2. The molecule has 23 heavy (non-hydrogen) atoms. The van der Waals surface area contributed by atoms with E-state index in [4.69, 9.17) is 11.2 Å². The number of hydrogen-bond donors (Lipinski definition) is 1. The molecular weight excluding hydrogens is 290 g/mol. The van der Waals surface area contributed by atoms with Gasteiger partial charge in [-0.15, -0.1) is 6.42 Å². The van der Waals surface area contributed by atoms with Crippen LogP contribution < -0.4 is 5.32 Å². The molecule has 0 unspecified atom stereocenters. The molecule has 2 heterocycles. The second kappa shape index (κ2) is 8.03. The van der Waals surface area contributed by atoms with Gasteiger partial charge < -0.3 is 15.0 Å². The molecule has 0 bridgehead atoms. The highest BCUT2D eigenvalue weighted by molar-refractivity contribution is 5.68. The van der Waals surface area contributed by atoms with E-state index in [0.717, 1.165) is 58.4 Å². The Hall–Kier alpha value is -1.25. The van der Waals surface area contributed by atoms with Crippen LogP contribution >= 0.6 is 0 Å². The van der Waals surface area contributed by atoms with Crippen LogP contribution in [0.15, 0.2) is 0 Å². The third-order valence-corrected chi connectivity index (χ3v) is 4.52. The predicted octanol–water partition coefficient (Wildman–Crippen LogP) is 2.07. The number of ether oxygens (including phenoxy) is 1. The van der Waals surface area contributed by atoms with Crippen LogP contribution in [0.25, 0.3) is 0 Å². The quantitative estimate of drug-likeness (QED) is 0.808. The normalized spacial score (nSPS) is 21.9. The minimum atomic E-state index is -0.418. The summed E-state index contributed by atoms with van der Waals surface area (Å²) in [5.41, 5.74) is -0.418. The Morgan fingerprint density at radius 2 is 1.65 bits per heavy atom. The van der Waals surface area contributed by atoms with Crippen molar-refractivity contribution in [2.24, 2.45) is 0 Å². The maximum absolute atomic E-state index is 12.1. The van der Waals surface area contributed by atoms with Crippen LogP contribution in [0.5, 0.6) is 0 Å². The van der Waals surface area contributed by atoms with Crippen molar-refractivity contribution in [3.8, 4) is 12.3 Å². The molecule has 5 nitrogen and oxygen atoms in total. The lowest BCUT2D eigenvalue weighted by Gasteiger charge is -2.37. The molecule has 5 heteroatoms. The first-order chi connectivity index (χ1) is 10.9. The van der Waals surface area contributed by atoms with Crippen molar-refractivity contribution in [3.05, 3.63) is 0 Å². The molecule has 0 aliphatic carbocycles. The van der Waals surface area contributed by atoms with Gasteiger partial charge in [0.25, 0.3) is 0 Å². The molecule has 0 spiro atoms. The number of carbonyl (C=O) groups excluding carboxylic acids is 1. The molecular formula is C18H31N3O2. The predicted molar refractivity (Wildman–Crippen MR) is 92.3 cm³/mol. The number of likely N-dealkylation sites (tertiary alicyclic amines) is 2. The van der Waals surface area contributed by atoms with Crippen LogP contribution in [0.3, 0.4) is 0 Å². The first-order valence-electron chi connectivity index (χ1n) is 8.77. The summed E-state index contributed by atoms with van der Waals surface area (Å²) >= 11 is 0. The van der Waals surface area contributed by atoms with E-state index in [1.165, 1.54) is 0 Å². The lowest BCUT2D eigenvalue weighted by atomic mass is 9.99. The van der Waals surface area contributed by atoms with Gasteiger partial charge in [0.15, 0.2) is 0 Å². The lowest BCUT2D eigenvalue weighted by Crippen LogP contribution is -2.51. The molecule has 0 aromatic carbocycles. The second-order valence-corrected chi connectivity index (χ2v) is 7.66. The third kappa shape index (κ3) is 6.04. The Labute approximate surface area is 140 Å². The molecule has 2 aliphatic heterocycles. The Balaban J connectivity index is 1.67. The van der Waals surface area contributed by atoms with Crippen molar-refractivity contribution in [3.63, 3.8) is 0 Å². The molecule has 2 rings (SSSR count). The minimum Gasteiger partial charge on any atom is -0.444 e. The van der Waals surface area contributed by atoms with E-state index in [1.807, 2.05) is 25.7 Å². The van der Waals surface area contributed by atoms with Crippen LogP contribution in [-0.2, 0) is 4.74 Å². The zero-order valence-corrected chi connectivity index (χ0v) is 14.8. The van der Waals surface area contributed by atoms with E-state index < -0.39 is 5.60 Å². The van der Waals surface area contributed by atoms with Crippen LogP contribution in [-0.4, -0.2) is 66.3 Å². The Kier molecular flexibility index (Phi) is 6.32. The molecule has 0 aromatic rings. The molecule has 1 amide bonds. The van der Waals surface area contributed by atoms with Gasteiger partial charge in [0.05, 0.1) is 6.54 Å². The van der Waals surface area contributed by atoms with E-state index in [0.29, 0.717) is 12.1 Å². The van der Waals surface area contributed by atoms with Gasteiger partial charge in [-0.05, 0) is 46.5 Å². The van der Waals surface area contributed by atoms with Gasteiger partial charge >= 0.3 is 6.09 Å². The van der Waals surface area contributed by atoms with E-state index in [2.05, 4.69) is 16.1 Å². The van der Waals surface area contributed by atoms with Crippen molar-refractivity contribution >= 4 is 6.09 Å². The standard InChI is InChI=1S/C18H31N3O2/c1-5-10-20-11-6-15(7-12-20)19-16-8-13-21(14-9-16)17(22)23-18(2,3)4/h1,15-16,19H,6-14H2,2-4H3. The molecule has 1 N–H and O–H groups in total. The van der Waals surface area contributed by atoms with E-state index in [9.17, 15) is 4.79 Å². The van der Waals surface area contributed by atoms with Gasteiger partial charge in [0.2, 0.25) is 0 Å². The fraction of sp³-hybridized carbons (Fsp3) is 0.833. The number of carbonyl (C=O) groups is 1. The molecule has 0 aromatic heterocycles. The summed E-state index contributed by atoms with van der Waals surface area (Å²) < 4.78 is 5.44. The summed E-state index contributed by atoms with van der Waals surface area (Å²) in [6, 6.07) is 1.10. The molecule has 0 radical (unpaired) electrons. The number of nitrogens with one attached hydrogen (secondary N) is 1. The van der Waals surface area contributed by atoms with Gasteiger partial charge in [0.1, 0.15) is 5.60 Å². The highest BCUT2D eigenvalue weighted by atomic mass is 16.6. The number of amides is 1. The van der Waals surface area contributed by atoms with Crippen LogP contribution in [0, 0.1) is 12.3 Å². The second-order valence-electron chi connectivity index (χ2n) is 7.66. The zero-order chi connectivity index (χ0) is 16.9. The van der Waals surface area contributed by atoms with Crippen molar-refractivity contribution in [1.29, 1.82) is 0 Å². The smallest absolute Gasteiger partial charge is 0.410 e. The number of terminal acetylenes is 1. The first kappa shape index (κ1) is 18.1. The third-order valence-electron chi connectivity index (χ3n) is 4.52. The highest BCUT2D eigenvalue weighted by Crippen LogP contribution is 2.18. The zero-order valence-electron chi connectivity index (χ0n) is 14.8. The summed E-state index contributed by atoms with van der Waals surface area (Å²) in [6.07, 6.45) is 9.52. The van der Waals surface area contributed by atoms with Crippen molar-refractivity contribution in [2.75, 3.05) is 32.7 Å². The number of hydrogen-bond acceptors (Lipinski definition) is 4. The first-order valence-corrected chi connectivity index (χ1v) is 8.77. The van der Waals surface area contributed by atoms with Crippen LogP contribution in [0.2, 0.25) is 0 Å². The molecule has 2 fully saturated rings. The van der Waals surface area contributed by atoms with Gasteiger partial charge in [0, 0.05) is 38.3 Å². The Morgan fingerprint density at radius 3 is 2.13 bits per heavy atom. The van der Waals surface area contributed by atoms with Crippen molar-refractivity contribution in [2.45, 2.75) is 64.1 Å². The maximum Gasteiger partial charge on any atom is 0.410 e. The topological polar surface area (TPSA) is 44.8 Å². The summed E-state index contributed by atoms with van der Waals surface area (Å²) in [5.74, 6) is 2.72. The number of piperidine rings is 2. The molecule has 2 aliphatic rings. The molecule has 0 saturated carbocycles. The van der Waals surface area contributed by atoms with Crippen molar-refractivity contribution in [1.82, 2.24) is 15.1 Å². The van der Waals surface area contributed by atoms with E-state index in [1.54, 1.807) is 0 Å². The summed E-state index contributed by atoms with van der Waals surface area (Å²) in [5, 5.41) is 3.77. The lowest BCUT2D eigenvalue weighted by molar-refractivity contribution is 0.0193. The minimum absolute atomic E-state index is 0.182. The Bertz CT molecular complexity index is 423. The highest BCUT2D eigenvalue weighted by Gasteiger charge is 2.28. The van der Waals surface area contributed by atoms with Gasteiger partial charge in [-0.1, -0.05) is 5.92 Å². The maximum atomic E-state index is 12.1. The molecule has 0 atom stereocenters. The van der Waals surface area contributed by atoms with E-state index in [-0.39, 0.29) is 6.09 Å².